The van der Waals surface area contributed by atoms with Crippen LogP contribution in [0.1, 0.15) is 21.5 Å². The van der Waals surface area contributed by atoms with E-state index in [9.17, 15) is 4.79 Å². The molecule has 0 radical (unpaired) electrons. The quantitative estimate of drug-likeness (QED) is 0.684. The fraction of sp³-hybridized carbons (Fsp3) is 0.167. The third-order valence-electron chi connectivity index (χ3n) is 4.02. The molecule has 1 N–H and O–H groups in total. The first-order chi connectivity index (χ1) is 11.2. The van der Waals surface area contributed by atoms with Gasteiger partial charge in [-0.2, -0.15) is 0 Å². The van der Waals surface area contributed by atoms with E-state index in [0.717, 1.165) is 36.0 Å². The topological polar surface area (TPSA) is 57.6 Å². The van der Waals surface area contributed by atoms with E-state index in [0.29, 0.717) is 5.56 Å². The molecular weight excluding hydrogens is 288 g/mol. The SMILES string of the molecule is Cc1ccc2c(c1)N/C(=C\C(=O)c1cccnc1)N1CCN=C21. The summed E-state index contributed by atoms with van der Waals surface area (Å²) in [5, 5.41) is 3.37. The Kier molecular flexibility index (Phi) is 3.19. The average Bonchev–Trinajstić information content (AvgIpc) is 3.05. The Morgan fingerprint density at radius 2 is 2.26 bits per heavy atom. The van der Waals surface area contributed by atoms with Crippen molar-refractivity contribution in [3.63, 3.8) is 0 Å². The molecule has 2 aliphatic rings. The fourth-order valence-electron chi connectivity index (χ4n) is 2.90. The van der Waals surface area contributed by atoms with Crippen LogP contribution in [0.5, 0.6) is 0 Å². The normalized spacial score (nSPS) is 17.3. The zero-order chi connectivity index (χ0) is 15.8. The van der Waals surface area contributed by atoms with E-state index in [4.69, 9.17) is 0 Å². The van der Waals surface area contributed by atoms with E-state index < -0.39 is 0 Å². The minimum atomic E-state index is -0.0667. The second-order valence-corrected chi connectivity index (χ2v) is 5.67. The molecule has 1 aromatic carbocycles. The van der Waals surface area contributed by atoms with Gasteiger partial charge in [0, 0.05) is 36.1 Å². The molecular formula is C18H16N4O. The average molecular weight is 304 g/mol. The van der Waals surface area contributed by atoms with E-state index in [-0.39, 0.29) is 5.78 Å². The van der Waals surface area contributed by atoms with E-state index in [1.165, 1.54) is 5.56 Å². The lowest BCUT2D eigenvalue weighted by atomic mass is 10.1. The zero-order valence-corrected chi connectivity index (χ0v) is 12.8. The number of allylic oxidation sites excluding steroid dienone is 1. The Morgan fingerprint density at radius 1 is 1.35 bits per heavy atom. The predicted molar refractivity (Wildman–Crippen MR) is 89.6 cm³/mol. The molecule has 3 heterocycles. The van der Waals surface area contributed by atoms with Crippen LogP contribution in [0.2, 0.25) is 0 Å². The monoisotopic (exact) mass is 304 g/mol. The van der Waals surface area contributed by atoms with Crippen LogP contribution in [-0.4, -0.2) is 34.6 Å². The summed E-state index contributed by atoms with van der Waals surface area (Å²) < 4.78 is 0. The van der Waals surface area contributed by atoms with Crippen LogP contribution in [0.15, 0.2) is 59.6 Å². The smallest absolute Gasteiger partial charge is 0.191 e. The minimum Gasteiger partial charge on any atom is -0.341 e. The lowest BCUT2D eigenvalue weighted by Gasteiger charge is -2.31. The predicted octanol–water partition coefficient (Wildman–Crippen LogP) is 2.60. The molecule has 0 aliphatic carbocycles. The first kappa shape index (κ1) is 13.7. The maximum atomic E-state index is 12.5. The van der Waals surface area contributed by atoms with Crippen molar-refractivity contribution in [2.75, 3.05) is 18.4 Å². The van der Waals surface area contributed by atoms with E-state index in [1.54, 1.807) is 30.6 Å². The number of amidine groups is 1. The summed E-state index contributed by atoms with van der Waals surface area (Å²) >= 11 is 0. The molecule has 5 nitrogen and oxygen atoms in total. The van der Waals surface area contributed by atoms with E-state index >= 15 is 0 Å². The Balaban J connectivity index is 1.74. The Hall–Kier alpha value is -2.95. The summed E-state index contributed by atoms with van der Waals surface area (Å²) in [6, 6.07) is 9.77. The van der Waals surface area contributed by atoms with Crippen molar-refractivity contribution in [2.24, 2.45) is 4.99 Å². The van der Waals surface area contributed by atoms with Gasteiger partial charge in [-0.3, -0.25) is 14.8 Å². The lowest BCUT2D eigenvalue weighted by molar-refractivity contribution is 0.104. The highest BCUT2D eigenvalue weighted by Gasteiger charge is 2.29. The standard InChI is InChI=1S/C18H16N4O/c1-12-4-5-14-15(9-12)21-17(22-8-7-20-18(14)22)10-16(23)13-3-2-6-19-11-13/h2-6,9-11,21H,7-8H2,1H3/b17-10+. The van der Waals surface area contributed by atoms with Gasteiger partial charge in [0.15, 0.2) is 5.78 Å². The van der Waals surface area contributed by atoms with Crippen LogP contribution in [0, 0.1) is 6.92 Å². The second-order valence-electron chi connectivity index (χ2n) is 5.67. The van der Waals surface area contributed by atoms with E-state index in [2.05, 4.69) is 45.3 Å². The summed E-state index contributed by atoms with van der Waals surface area (Å²) in [4.78, 5) is 23.1. The summed E-state index contributed by atoms with van der Waals surface area (Å²) in [6.07, 6.45) is 4.87. The third-order valence-corrected chi connectivity index (χ3v) is 4.02. The van der Waals surface area contributed by atoms with Crippen molar-refractivity contribution in [1.29, 1.82) is 0 Å². The summed E-state index contributed by atoms with van der Waals surface area (Å²) in [5.41, 5.74) is 3.82. The molecule has 0 amide bonds. The number of hydrogen-bond donors (Lipinski definition) is 1. The maximum Gasteiger partial charge on any atom is 0.191 e. The molecule has 23 heavy (non-hydrogen) atoms. The number of aliphatic imine (C=N–C) groups is 1. The summed E-state index contributed by atoms with van der Waals surface area (Å²) in [7, 11) is 0. The molecule has 0 atom stereocenters. The van der Waals surface area contributed by atoms with Gasteiger partial charge < -0.3 is 10.2 Å². The summed E-state index contributed by atoms with van der Waals surface area (Å²) in [5.74, 6) is 1.64. The number of aryl methyl sites for hydroxylation is 1. The summed E-state index contributed by atoms with van der Waals surface area (Å²) in [6.45, 7) is 3.57. The Labute approximate surface area is 134 Å². The number of carbonyl (C=O) groups is 1. The molecule has 114 valence electrons. The fourth-order valence-corrected chi connectivity index (χ4v) is 2.90. The number of carbonyl (C=O) groups excluding carboxylic acids is 1. The van der Waals surface area contributed by atoms with Crippen molar-refractivity contribution in [3.05, 3.63) is 71.3 Å². The van der Waals surface area contributed by atoms with Crippen molar-refractivity contribution in [2.45, 2.75) is 6.92 Å². The lowest BCUT2D eigenvalue weighted by Crippen LogP contribution is -2.36. The molecule has 5 heteroatoms. The molecule has 4 rings (SSSR count). The highest BCUT2D eigenvalue weighted by molar-refractivity contribution is 6.10. The van der Waals surface area contributed by atoms with Gasteiger partial charge in [-0.15, -0.1) is 0 Å². The molecule has 0 saturated heterocycles. The van der Waals surface area contributed by atoms with Crippen LogP contribution in [0.4, 0.5) is 5.69 Å². The van der Waals surface area contributed by atoms with Crippen LogP contribution in [0.3, 0.4) is 0 Å². The highest BCUT2D eigenvalue weighted by Crippen LogP contribution is 2.30. The van der Waals surface area contributed by atoms with Crippen LogP contribution < -0.4 is 5.32 Å². The van der Waals surface area contributed by atoms with Gasteiger partial charge in [0.25, 0.3) is 0 Å². The number of anilines is 1. The van der Waals surface area contributed by atoms with Gasteiger partial charge in [-0.1, -0.05) is 6.07 Å². The minimum absolute atomic E-state index is 0.0667. The van der Waals surface area contributed by atoms with Crippen LogP contribution in [-0.2, 0) is 0 Å². The number of aromatic nitrogens is 1. The molecule has 0 unspecified atom stereocenters. The Morgan fingerprint density at radius 3 is 3.09 bits per heavy atom. The van der Waals surface area contributed by atoms with Crippen molar-refractivity contribution in [3.8, 4) is 0 Å². The van der Waals surface area contributed by atoms with Gasteiger partial charge in [0.1, 0.15) is 11.7 Å². The molecule has 0 fully saturated rings. The molecule has 2 aliphatic heterocycles. The van der Waals surface area contributed by atoms with Crippen molar-refractivity contribution in [1.82, 2.24) is 9.88 Å². The largest absolute Gasteiger partial charge is 0.341 e. The van der Waals surface area contributed by atoms with Crippen LogP contribution in [0.25, 0.3) is 0 Å². The highest BCUT2D eigenvalue weighted by atomic mass is 16.1. The molecule has 2 aromatic rings. The molecule has 0 bridgehead atoms. The number of rotatable bonds is 2. The van der Waals surface area contributed by atoms with Gasteiger partial charge in [-0.25, -0.2) is 0 Å². The molecule has 0 saturated carbocycles. The van der Waals surface area contributed by atoms with Crippen molar-refractivity contribution >= 4 is 17.3 Å². The first-order valence-corrected chi connectivity index (χ1v) is 7.58. The van der Waals surface area contributed by atoms with Gasteiger partial charge in [0.2, 0.25) is 0 Å². The maximum absolute atomic E-state index is 12.5. The van der Waals surface area contributed by atoms with Gasteiger partial charge in [0.05, 0.1) is 12.2 Å². The van der Waals surface area contributed by atoms with E-state index in [1.807, 2.05) is 0 Å². The number of ketones is 1. The van der Waals surface area contributed by atoms with Crippen molar-refractivity contribution < 1.29 is 4.79 Å². The number of pyridine rings is 1. The van der Waals surface area contributed by atoms with Gasteiger partial charge >= 0.3 is 0 Å². The Bertz CT molecular complexity index is 839. The number of nitrogens with zero attached hydrogens (tertiary/aromatic N) is 3. The number of nitrogens with one attached hydrogen (secondary N) is 1. The third kappa shape index (κ3) is 2.40. The number of hydrogen-bond acceptors (Lipinski definition) is 5. The zero-order valence-electron chi connectivity index (χ0n) is 12.8. The van der Waals surface area contributed by atoms with Crippen LogP contribution >= 0.6 is 0 Å². The molecule has 0 spiro atoms. The second kappa shape index (κ2) is 5.35. The van der Waals surface area contributed by atoms with Gasteiger partial charge in [-0.05, 0) is 36.8 Å². The first-order valence-electron chi connectivity index (χ1n) is 7.58. The number of benzene rings is 1. The molecule has 1 aromatic heterocycles. The number of fused-ring (bicyclic) bond motifs is 3.